The number of benzene rings is 1. The second-order valence-electron chi connectivity index (χ2n) is 6.03. The Kier molecular flexibility index (Phi) is 3.78. The SMILES string of the molecule is CC1(C(=O)O)CCCCN1CC1Cc2ccccc2S1. The predicted molar refractivity (Wildman–Crippen MR) is 81.3 cm³/mol. The van der Waals surface area contributed by atoms with Crippen molar-refractivity contribution in [3.8, 4) is 0 Å². The van der Waals surface area contributed by atoms with Gasteiger partial charge in [-0.25, -0.2) is 0 Å². The lowest BCUT2D eigenvalue weighted by Crippen LogP contribution is -2.56. The highest BCUT2D eigenvalue weighted by atomic mass is 32.2. The van der Waals surface area contributed by atoms with Gasteiger partial charge >= 0.3 is 5.97 Å². The Balaban J connectivity index is 1.70. The summed E-state index contributed by atoms with van der Waals surface area (Å²) in [7, 11) is 0. The molecule has 0 radical (unpaired) electrons. The molecule has 2 aliphatic rings. The van der Waals surface area contributed by atoms with E-state index in [1.54, 1.807) is 0 Å². The molecule has 0 bridgehead atoms. The average Bonchev–Trinajstić information content (AvgIpc) is 2.83. The quantitative estimate of drug-likeness (QED) is 0.929. The van der Waals surface area contributed by atoms with E-state index in [2.05, 4.69) is 29.2 Å². The fourth-order valence-corrected chi connectivity index (χ4v) is 4.65. The van der Waals surface area contributed by atoms with Crippen molar-refractivity contribution >= 4 is 17.7 Å². The highest BCUT2D eigenvalue weighted by Gasteiger charge is 2.42. The fourth-order valence-electron chi connectivity index (χ4n) is 3.31. The van der Waals surface area contributed by atoms with E-state index in [1.807, 2.05) is 18.7 Å². The molecule has 2 unspecified atom stereocenters. The molecule has 1 aromatic rings. The van der Waals surface area contributed by atoms with E-state index >= 15 is 0 Å². The molecule has 2 atom stereocenters. The normalized spacial score (nSPS) is 30.1. The lowest BCUT2D eigenvalue weighted by Gasteiger charge is -2.42. The Bertz CT molecular complexity index is 494. The van der Waals surface area contributed by atoms with Gasteiger partial charge in [0.15, 0.2) is 0 Å². The van der Waals surface area contributed by atoms with Crippen LogP contribution in [0.3, 0.4) is 0 Å². The zero-order valence-corrected chi connectivity index (χ0v) is 12.7. The minimum Gasteiger partial charge on any atom is -0.480 e. The fraction of sp³-hybridized carbons (Fsp3) is 0.562. The van der Waals surface area contributed by atoms with Crippen LogP contribution >= 0.6 is 11.8 Å². The molecule has 1 fully saturated rings. The van der Waals surface area contributed by atoms with E-state index in [4.69, 9.17) is 0 Å². The van der Waals surface area contributed by atoms with Gasteiger partial charge in [0.2, 0.25) is 0 Å². The van der Waals surface area contributed by atoms with Crippen molar-refractivity contribution in [1.82, 2.24) is 4.90 Å². The molecule has 2 aliphatic heterocycles. The van der Waals surface area contributed by atoms with Crippen LogP contribution in [0.1, 0.15) is 31.7 Å². The van der Waals surface area contributed by atoms with Crippen LogP contribution in [0.2, 0.25) is 0 Å². The number of nitrogens with zero attached hydrogens (tertiary/aromatic N) is 1. The van der Waals surface area contributed by atoms with E-state index in [1.165, 1.54) is 10.5 Å². The Labute approximate surface area is 124 Å². The molecule has 20 heavy (non-hydrogen) atoms. The third kappa shape index (κ3) is 2.47. The molecule has 0 saturated carbocycles. The molecule has 3 rings (SSSR count). The Morgan fingerprint density at radius 3 is 3.00 bits per heavy atom. The predicted octanol–water partition coefficient (Wildman–Crippen LogP) is 3.03. The number of fused-ring (bicyclic) bond motifs is 1. The van der Waals surface area contributed by atoms with E-state index in [-0.39, 0.29) is 0 Å². The molecule has 1 aromatic carbocycles. The zero-order valence-electron chi connectivity index (χ0n) is 11.8. The number of hydrogen-bond acceptors (Lipinski definition) is 3. The van der Waals surface area contributed by atoms with Gasteiger partial charge in [-0.15, -0.1) is 11.8 Å². The smallest absolute Gasteiger partial charge is 0.323 e. The Morgan fingerprint density at radius 2 is 2.25 bits per heavy atom. The van der Waals surface area contributed by atoms with Gasteiger partial charge in [-0.05, 0) is 50.8 Å². The number of likely N-dealkylation sites (tertiary alicyclic amines) is 1. The van der Waals surface area contributed by atoms with Crippen molar-refractivity contribution in [2.24, 2.45) is 0 Å². The van der Waals surface area contributed by atoms with Crippen LogP contribution in [-0.4, -0.2) is 39.9 Å². The van der Waals surface area contributed by atoms with Crippen molar-refractivity contribution in [2.75, 3.05) is 13.1 Å². The maximum Gasteiger partial charge on any atom is 0.323 e. The summed E-state index contributed by atoms with van der Waals surface area (Å²) in [6.07, 6.45) is 3.98. The van der Waals surface area contributed by atoms with Crippen molar-refractivity contribution in [2.45, 2.75) is 48.3 Å². The molecule has 0 spiro atoms. The minimum atomic E-state index is -0.673. The van der Waals surface area contributed by atoms with Crippen LogP contribution < -0.4 is 0 Å². The van der Waals surface area contributed by atoms with Crippen LogP contribution in [0, 0.1) is 0 Å². The summed E-state index contributed by atoms with van der Waals surface area (Å²) in [4.78, 5) is 15.2. The number of piperidine rings is 1. The summed E-state index contributed by atoms with van der Waals surface area (Å²) >= 11 is 1.91. The molecule has 3 nitrogen and oxygen atoms in total. The van der Waals surface area contributed by atoms with Gasteiger partial charge in [0.05, 0.1) is 0 Å². The summed E-state index contributed by atoms with van der Waals surface area (Å²) in [6, 6.07) is 8.53. The first-order valence-electron chi connectivity index (χ1n) is 7.32. The van der Waals surface area contributed by atoms with E-state index < -0.39 is 11.5 Å². The summed E-state index contributed by atoms with van der Waals surface area (Å²) in [6.45, 7) is 3.68. The van der Waals surface area contributed by atoms with Gasteiger partial charge in [0, 0.05) is 16.7 Å². The molecule has 4 heteroatoms. The lowest BCUT2D eigenvalue weighted by atomic mass is 9.88. The number of carbonyl (C=O) groups is 1. The van der Waals surface area contributed by atoms with Crippen molar-refractivity contribution in [1.29, 1.82) is 0 Å². The maximum absolute atomic E-state index is 11.6. The van der Waals surface area contributed by atoms with Crippen LogP contribution in [0.4, 0.5) is 0 Å². The molecular weight excluding hydrogens is 270 g/mol. The highest BCUT2D eigenvalue weighted by Crippen LogP contribution is 2.39. The summed E-state index contributed by atoms with van der Waals surface area (Å²) < 4.78 is 0. The number of thioether (sulfide) groups is 1. The summed E-state index contributed by atoms with van der Waals surface area (Å²) in [5.41, 5.74) is 0.740. The Hall–Kier alpha value is -1.00. The number of rotatable bonds is 3. The first-order valence-corrected chi connectivity index (χ1v) is 8.20. The topological polar surface area (TPSA) is 40.5 Å². The molecule has 1 saturated heterocycles. The van der Waals surface area contributed by atoms with E-state index in [9.17, 15) is 9.90 Å². The first-order chi connectivity index (χ1) is 9.59. The lowest BCUT2D eigenvalue weighted by molar-refractivity contribution is -0.152. The monoisotopic (exact) mass is 291 g/mol. The summed E-state index contributed by atoms with van der Waals surface area (Å²) in [5, 5.41) is 10.1. The van der Waals surface area contributed by atoms with Gasteiger partial charge in [0.25, 0.3) is 0 Å². The van der Waals surface area contributed by atoms with Crippen LogP contribution in [0.25, 0.3) is 0 Å². The second kappa shape index (κ2) is 5.41. The van der Waals surface area contributed by atoms with Crippen LogP contribution in [0.15, 0.2) is 29.2 Å². The van der Waals surface area contributed by atoms with Gasteiger partial charge in [-0.3, -0.25) is 9.69 Å². The number of carboxylic acids is 1. The third-order valence-corrected chi connectivity index (χ3v) is 5.94. The van der Waals surface area contributed by atoms with Gasteiger partial charge in [-0.1, -0.05) is 18.2 Å². The summed E-state index contributed by atoms with van der Waals surface area (Å²) in [5.74, 6) is -0.669. The van der Waals surface area contributed by atoms with Crippen molar-refractivity contribution in [3.63, 3.8) is 0 Å². The molecule has 2 heterocycles. The Morgan fingerprint density at radius 1 is 1.45 bits per heavy atom. The minimum absolute atomic E-state index is 0.490. The van der Waals surface area contributed by atoms with Gasteiger partial charge in [-0.2, -0.15) is 0 Å². The standard InChI is InChI=1S/C16H21NO2S/c1-16(15(18)19)8-4-5-9-17(16)11-13-10-12-6-2-3-7-14(12)20-13/h2-3,6-7,13H,4-5,8-11H2,1H3,(H,18,19). The molecular formula is C16H21NO2S. The molecule has 0 aliphatic carbocycles. The maximum atomic E-state index is 11.6. The number of carboxylic acid groups (broad SMARTS) is 1. The average molecular weight is 291 g/mol. The first kappa shape index (κ1) is 14.0. The van der Waals surface area contributed by atoms with Crippen molar-refractivity contribution < 1.29 is 9.90 Å². The van der Waals surface area contributed by atoms with Crippen LogP contribution in [-0.2, 0) is 11.2 Å². The molecule has 0 aromatic heterocycles. The number of aliphatic carboxylic acids is 1. The largest absolute Gasteiger partial charge is 0.480 e. The van der Waals surface area contributed by atoms with Gasteiger partial charge in [0.1, 0.15) is 5.54 Å². The van der Waals surface area contributed by atoms with Crippen molar-refractivity contribution in [3.05, 3.63) is 29.8 Å². The van der Waals surface area contributed by atoms with Gasteiger partial charge < -0.3 is 5.11 Å². The molecule has 0 amide bonds. The third-order valence-electron chi connectivity index (χ3n) is 4.64. The molecule has 108 valence electrons. The molecule has 1 N–H and O–H groups in total. The van der Waals surface area contributed by atoms with Crippen LogP contribution in [0.5, 0.6) is 0 Å². The highest BCUT2D eigenvalue weighted by molar-refractivity contribution is 8.00. The van der Waals surface area contributed by atoms with E-state index in [0.717, 1.165) is 38.8 Å². The number of hydrogen-bond donors (Lipinski definition) is 1. The zero-order chi connectivity index (χ0) is 14.2. The van der Waals surface area contributed by atoms with E-state index in [0.29, 0.717) is 5.25 Å². The second-order valence-corrected chi connectivity index (χ2v) is 7.38.